The zero-order valence-corrected chi connectivity index (χ0v) is 20.8. The lowest BCUT2D eigenvalue weighted by Crippen LogP contribution is -2.48. The lowest BCUT2D eigenvalue weighted by Gasteiger charge is -2.42. The number of rotatable bonds is 7. The van der Waals surface area contributed by atoms with Crippen LogP contribution in [0.5, 0.6) is 0 Å². The van der Waals surface area contributed by atoms with Crippen molar-refractivity contribution >= 4 is 22.5 Å². The van der Waals surface area contributed by atoms with Crippen molar-refractivity contribution in [2.24, 2.45) is 0 Å². The Morgan fingerprint density at radius 1 is 1.14 bits per heavy atom. The van der Waals surface area contributed by atoms with Gasteiger partial charge in [0.25, 0.3) is 11.5 Å². The van der Waals surface area contributed by atoms with E-state index in [-0.39, 0.29) is 17.4 Å². The molecule has 0 saturated carbocycles. The van der Waals surface area contributed by atoms with Crippen molar-refractivity contribution in [3.05, 3.63) is 64.5 Å². The molecule has 1 aromatic carbocycles. The average molecular weight is 491 g/mol. The molecule has 0 bridgehead atoms. The van der Waals surface area contributed by atoms with E-state index in [0.717, 1.165) is 68.9 Å². The summed E-state index contributed by atoms with van der Waals surface area (Å²) in [6, 6.07) is 11.8. The Morgan fingerprint density at radius 3 is 2.75 bits per heavy atom. The van der Waals surface area contributed by atoms with Gasteiger partial charge in [0.2, 0.25) is 0 Å². The number of nitrogens with one attached hydrogen (secondary N) is 2. The third-order valence-electron chi connectivity index (χ3n) is 7.39. The molecule has 2 aliphatic rings. The fourth-order valence-corrected chi connectivity index (χ4v) is 5.41. The molecular weight excluding hydrogens is 456 g/mol. The van der Waals surface area contributed by atoms with Crippen molar-refractivity contribution in [2.75, 3.05) is 51.3 Å². The number of pyridine rings is 1. The second kappa shape index (κ2) is 11.2. The van der Waals surface area contributed by atoms with Gasteiger partial charge in [-0.3, -0.25) is 14.5 Å². The highest BCUT2D eigenvalue weighted by Gasteiger charge is 2.30. The van der Waals surface area contributed by atoms with Crippen molar-refractivity contribution in [3.8, 4) is 0 Å². The second-order valence-electron chi connectivity index (χ2n) is 9.67. The Labute approximate surface area is 210 Å². The number of hydrogen-bond acceptors (Lipinski definition) is 7. The van der Waals surface area contributed by atoms with E-state index in [1.165, 1.54) is 0 Å². The molecule has 9 nitrogen and oxygen atoms in total. The van der Waals surface area contributed by atoms with Gasteiger partial charge in [0.15, 0.2) is 0 Å². The number of H-pyrrole nitrogens is 1. The molecule has 5 rings (SSSR count). The highest BCUT2D eigenvalue weighted by atomic mass is 16.5. The molecule has 3 aromatic rings. The summed E-state index contributed by atoms with van der Waals surface area (Å²) in [5, 5.41) is 3.45. The average Bonchev–Trinajstić information content (AvgIpc) is 2.93. The van der Waals surface area contributed by atoms with E-state index in [0.29, 0.717) is 30.3 Å². The number of likely N-dealkylation sites (tertiary alicyclic amines) is 1. The van der Waals surface area contributed by atoms with Gasteiger partial charge in [-0.15, -0.1) is 0 Å². The topological polar surface area (TPSA) is 103 Å². The first-order valence-corrected chi connectivity index (χ1v) is 12.8. The first-order chi connectivity index (χ1) is 17.6. The fraction of sp³-hybridized carbons (Fsp3) is 0.481. The molecule has 2 N–H and O–H groups in total. The number of ether oxygens (including phenoxy) is 1. The number of aromatic amines is 1. The summed E-state index contributed by atoms with van der Waals surface area (Å²) in [5.74, 6) is 0.887. The summed E-state index contributed by atoms with van der Waals surface area (Å²) in [4.78, 5) is 41.9. The van der Waals surface area contributed by atoms with E-state index in [4.69, 9.17) is 9.72 Å². The molecule has 2 fully saturated rings. The number of carbonyl (C=O) groups excluding carboxylic acids is 1. The number of piperidine rings is 2. The predicted molar refractivity (Wildman–Crippen MR) is 140 cm³/mol. The minimum atomic E-state index is -0.181. The molecule has 1 amide bonds. The second-order valence-corrected chi connectivity index (χ2v) is 9.67. The molecule has 2 aliphatic heterocycles. The molecule has 4 heterocycles. The number of methoxy groups -OCH3 is 1. The molecule has 0 aliphatic carbocycles. The van der Waals surface area contributed by atoms with Gasteiger partial charge in [-0.1, -0.05) is 12.1 Å². The molecule has 2 aromatic heterocycles. The lowest BCUT2D eigenvalue weighted by molar-refractivity contribution is 0.0932. The molecule has 2 saturated heterocycles. The van der Waals surface area contributed by atoms with Gasteiger partial charge in [0, 0.05) is 45.2 Å². The van der Waals surface area contributed by atoms with Crippen molar-refractivity contribution in [1.82, 2.24) is 25.2 Å². The summed E-state index contributed by atoms with van der Waals surface area (Å²) in [5.41, 5.74) is 2.20. The van der Waals surface area contributed by atoms with Crippen LogP contribution in [0.4, 0.5) is 5.69 Å². The van der Waals surface area contributed by atoms with Crippen LogP contribution >= 0.6 is 0 Å². The maximum absolute atomic E-state index is 12.6. The van der Waals surface area contributed by atoms with Crippen LogP contribution in [-0.2, 0) is 4.74 Å². The van der Waals surface area contributed by atoms with E-state index in [1.807, 2.05) is 30.3 Å². The van der Waals surface area contributed by atoms with Crippen LogP contribution < -0.4 is 15.8 Å². The highest BCUT2D eigenvalue weighted by molar-refractivity contribution is 5.92. The van der Waals surface area contributed by atoms with Crippen LogP contribution in [0.3, 0.4) is 0 Å². The molecule has 0 radical (unpaired) electrons. The van der Waals surface area contributed by atoms with Gasteiger partial charge in [-0.25, -0.2) is 9.97 Å². The van der Waals surface area contributed by atoms with Crippen LogP contribution in [0.25, 0.3) is 10.9 Å². The summed E-state index contributed by atoms with van der Waals surface area (Å²) in [7, 11) is 1.61. The van der Waals surface area contributed by atoms with Crippen LogP contribution in [0, 0.1) is 0 Å². The third kappa shape index (κ3) is 5.42. The number of para-hydroxylation sites is 1. The van der Waals surface area contributed by atoms with Crippen LogP contribution in [0.1, 0.15) is 47.9 Å². The van der Waals surface area contributed by atoms with Gasteiger partial charge in [0.1, 0.15) is 11.5 Å². The Kier molecular flexibility index (Phi) is 7.58. The molecule has 1 atom stereocenters. The lowest BCUT2D eigenvalue weighted by atomic mass is 9.93. The number of hydrogen-bond donors (Lipinski definition) is 2. The zero-order valence-electron chi connectivity index (χ0n) is 20.8. The van der Waals surface area contributed by atoms with E-state index < -0.39 is 0 Å². The molecule has 1 unspecified atom stereocenters. The Bertz CT molecular complexity index is 1240. The molecule has 9 heteroatoms. The fourth-order valence-electron chi connectivity index (χ4n) is 5.41. The number of fused-ring (bicyclic) bond motifs is 1. The molecule has 0 spiro atoms. The quantitative estimate of drug-likeness (QED) is 0.491. The summed E-state index contributed by atoms with van der Waals surface area (Å²) >= 11 is 0. The SMILES string of the molecule is COCCNC(=O)c1ccc(N2CCC(N3CCCC(c4nc5ccccc5c(=O)[nH]4)C3)CC2)cn1. The number of aromatic nitrogens is 3. The largest absolute Gasteiger partial charge is 0.383 e. The Balaban J connectivity index is 1.17. The number of amides is 1. The standard InChI is InChI=1S/C27H34N6O3/c1-36-16-12-28-27(35)24-9-8-21(17-29-24)32-14-10-20(11-15-32)33-13-4-5-19(18-33)25-30-23-7-3-2-6-22(23)26(34)31-25/h2-3,6-9,17,19-20H,4-5,10-16,18H2,1H3,(H,28,35)(H,30,31,34). The monoisotopic (exact) mass is 490 g/mol. The van der Waals surface area contributed by atoms with Crippen LogP contribution in [0.2, 0.25) is 0 Å². The van der Waals surface area contributed by atoms with Gasteiger partial charge in [0.05, 0.1) is 29.4 Å². The summed E-state index contributed by atoms with van der Waals surface area (Å²) < 4.78 is 4.96. The number of carbonyl (C=O) groups is 1. The van der Waals surface area contributed by atoms with Crippen molar-refractivity contribution in [1.29, 1.82) is 0 Å². The Morgan fingerprint density at radius 2 is 1.97 bits per heavy atom. The van der Waals surface area contributed by atoms with Crippen molar-refractivity contribution in [3.63, 3.8) is 0 Å². The smallest absolute Gasteiger partial charge is 0.269 e. The van der Waals surface area contributed by atoms with E-state index in [2.05, 4.69) is 25.1 Å². The number of nitrogens with zero attached hydrogens (tertiary/aromatic N) is 4. The predicted octanol–water partition coefficient (Wildman–Crippen LogP) is 2.54. The zero-order chi connectivity index (χ0) is 24.9. The maximum atomic E-state index is 12.6. The number of benzene rings is 1. The van der Waals surface area contributed by atoms with Gasteiger partial charge in [-0.2, -0.15) is 0 Å². The Hall–Kier alpha value is -3.30. The van der Waals surface area contributed by atoms with E-state index >= 15 is 0 Å². The van der Waals surface area contributed by atoms with Gasteiger partial charge in [-0.05, 0) is 56.5 Å². The maximum Gasteiger partial charge on any atom is 0.269 e. The third-order valence-corrected chi connectivity index (χ3v) is 7.39. The first kappa shape index (κ1) is 24.4. The van der Waals surface area contributed by atoms with Crippen LogP contribution in [-0.4, -0.2) is 78.2 Å². The normalized spacial score (nSPS) is 19.5. The minimum absolute atomic E-state index is 0.0480. The van der Waals surface area contributed by atoms with Gasteiger partial charge >= 0.3 is 0 Å². The van der Waals surface area contributed by atoms with E-state index in [1.54, 1.807) is 19.4 Å². The van der Waals surface area contributed by atoms with Crippen molar-refractivity contribution in [2.45, 2.75) is 37.6 Å². The first-order valence-electron chi connectivity index (χ1n) is 12.8. The molecular formula is C27H34N6O3. The highest BCUT2D eigenvalue weighted by Crippen LogP contribution is 2.30. The van der Waals surface area contributed by atoms with Crippen molar-refractivity contribution < 1.29 is 9.53 Å². The van der Waals surface area contributed by atoms with Crippen LogP contribution in [0.15, 0.2) is 47.4 Å². The van der Waals surface area contributed by atoms with Gasteiger partial charge < -0.3 is 19.9 Å². The molecule has 190 valence electrons. The minimum Gasteiger partial charge on any atom is -0.383 e. The summed E-state index contributed by atoms with van der Waals surface area (Å²) in [6.07, 6.45) is 6.11. The number of anilines is 1. The summed E-state index contributed by atoms with van der Waals surface area (Å²) in [6.45, 7) is 4.88. The molecule has 36 heavy (non-hydrogen) atoms. The van der Waals surface area contributed by atoms with E-state index in [9.17, 15) is 9.59 Å².